The largest absolute Gasteiger partial charge is 0.497 e. The number of ether oxygens (including phenoxy) is 4. The molecule has 1 aliphatic heterocycles. The summed E-state index contributed by atoms with van der Waals surface area (Å²) in [4.78, 5) is 27.4. The molecule has 4 rings (SSSR count). The number of hydrogen-bond donors (Lipinski definition) is 2. The molecule has 0 radical (unpaired) electrons. The molecule has 0 fully saturated rings. The first-order valence-corrected chi connectivity index (χ1v) is 11.9. The summed E-state index contributed by atoms with van der Waals surface area (Å²) in [5.41, 5.74) is 3.03. The van der Waals surface area contributed by atoms with Crippen LogP contribution in [0.2, 0.25) is 0 Å². The number of nitrogens with zero attached hydrogens (tertiary/aromatic N) is 1. The Kier molecular flexibility index (Phi) is 8.02. The van der Waals surface area contributed by atoms with Gasteiger partial charge in [0.1, 0.15) is 11.5 Å². The average molecular weight is 506 g/mol. The summed E-state index contributed by atoms with van der Waals surface area (Å²) in [7, 11) is 4.76. The Morgan fingerprint density at radius 2 is 1.70 bits per heavy atom. The molecule has 9 nitrogen and oxygen atoms in total. The molecule has 37 heavy (non-hydrogen) atoms. The standard InChI is InChI=1S/C28H31N3O6/c1-18-27(32)31(13-12-19-8-10-25(35-3)26(14-19)36-4)17-20-15-22(9-11-24(20)37-18)30-28(33)29-21-6-5-7-23(16-21)34-2/h5-11,14-16,18H,12-13,17H2,1-4H3,(H2,29,30,33). The van der Waals surface area contributed by atoms with E-state index in [0.29, 0.717) is 53.9 Å². The van der Waals surface area contributed by atoms with Crippen LogP contribution < -0.4 is 29.6 Å². The molecule has 2 N–H and O–H groups in total. The molecule has 9 heteroatoms. The lowest BCUT2D eigenvalue weighted by Crippen LogP contribution is -2.39. The number of amides is 3. The Bertz CT molecular complexity index is 1280. The highest BCUT2D eigenvalue weighted by molar-refractivity contribution is 6.00. The molecular weight excluding hydrogens is 474 g/mol. The van der Waals surface area contributed by atoms with E-state index in [1.807, 2.05) is 24.3 Å². The molecule has 3 aromatic carbocycles. The Morgan fingerprint density at radius 1 is 0.946 bits per heavy atom. The number of anilines is 2. The van der Waals surface area contributed by atoms with E-state index in [0.717, 1.165) is 11.1 Å². The van der Waals surface area contributed by atoms with Gasteiger partial charge in [-0.15, -0.1) is 0 Å². The van der Waals surface area contributed by atoms with Gasteiger partial charge >= 0.3 is 6.03 Å². The quantitative estimate of drug-likeness (QED) is 0.460. The summed E-state index contributed by atoms with van der Waals surface area (Å²) in [5, 5.41) is 5.63. The third kappa shape index (κ3) is 6.24. The van der Waals surface area contributed by atoms with Crippen LogP contribution in [0.1, 0.15) is 18.1 Å². The van der Waals surface area contributed by atoms with Crippen molar-refractivity contribution in [1.82, 2.24) is 4.90 Å². The normalized spacial score (nSPS) is 14.6. The smallest absolute Gasteiger partial charge is 0.323 e. The van der Waals surface area contributed by atoms with Crippen LogP contribution in [0.25, 0.3) is 0 Å². The average Bonchev–Trinajstić information content (AvgIpc) is 3.02. The van der Waals surface area contributed by atoms with Crippen LogP contribution in [0.15, 0.2) is 60.7 Å². The Balaban J connectivity index is 1.45. The van der Waals surface area contributed by atoms with E-state index in [1.165, 1.54) is 0 Å². The molecular formula is C28H31N3O6. The van der Waals surface area contributed by atoms with Crippen molar-refractivity contribution in [3.05, 3.63) is 71.8 Å². The summed E-state index contributed by atoms with van der Waals surface area (Å²) >= 11 is 0. The number of hydrogen-bond acceptors (Lipinski definition) is 6. The van der Waals surface area contributed by atoms with Crippen molar-refractivity contribution >= 4 is 23.3 Å². The van der Waals surface area contributed by atoms with Gasteiger partial charge in [-0.3, -0.25) is 4.79 Å². The van der Waals surface area contributed by atoms with Crippen molar-refractivity contribution in [1.29, 1.82) is 0 Å². The van der Waals surface area contributed by atoms with E-state index in [9.17, 15) is 9.59 Å². The summed E-state index contributed by atoms with van der Waals surface area (Å²) in [5.74, 6) is 2.47. The third-order valence-corrected chi connectivity index (χ3v) is 6.09. The number of nitrogens with one attached hydrogen (secondary N) is 2. The van der Waals surface area contributed by atoms with Gasteiger partial charge in [0.25, 0.3) is 5.91 Å². The topological polar surface area (TPSA) is 98.4 Å². The van der Waals surface area contributed by atoms with Gasteiger partial charge in [-0.25, -0.2) is 4.79 Å². The van der Waals surface area contributed by atoms with Gasteiger partial charge in [0.15, 0.2) is 17.6 Å². The van der Waals surface area contributed by atoms with Gasteiger partial charge in [0.2, 0.25) is 0 Å². The van der Waals surface area contributed by atoms with Gasteiger partial charge < -0.3 is 34.5 Å². The summed E-state index contributed by atoms with van der Waals surface area (Å²) in [6, 6.07) is 17.8. The van der Waals surface area contributed by atoms with E-state index in [2.05, 4.69) is 10.6 Å². The van der Waals surface area contributed by atoms with Gasteiger partial charge in [-0.1, -0.05) is 12.1 Å². The van der Waals surface area contributed by atoms with Crippen molar-refractivity contribution in [2.24, 2.45) is 0 Å². The summed E-state index contributed by atoms with van der Waals surface area (Å²) < 4.78 is 21.8. The molecule has 3 aromatic rings. The molecule has 0 aromatic heterocycles. The first kappa shape index (κ1) is 25.7. The molecule has 0 saturated carbocycles. The minimum absolute atomic E-state index is 0.0954. The molecule has 1 heterocycles. The van der Waals surface area contributed by atoms with Gasteiger partial charge in [-0.05, 0) is 61.4 Å². The number of fused-ring (bicyclic) bond motifs is 1. The van der Waals surface area contributed by atoms with Gasteiger partial charge in [0, 0.05) is 36.1 Å². The zero-order valence-corrected chi connectivity index (χ0v) is 21.4. The maximum Gasteiger partial charge on any atom is 0.323 e. The van der Waals surface area contributed by atoms with Crippen molar-refractivity contribution in [3.8, 4) is 23.0 Å². The molecule has 3 amide bonds. The predicted octanol–water partition coefficient (Wildman–Crippen LogP) is 4.71. The summed E-state index contributed by atoms with van der Waals surface area (Å²) in [6.07, 6.45) is 0.0106. The molecule has 0 aliphatic carbocycles. The van der Waals surface area contributed by atoms with Crippen LogP contribution in [0.4, 0.5) is 16.2 Å². The van der Waals surface area contributed by atoms with Crippen molar-refractivity contribution in [3.63, 3.8) is 0 Å². The maximum atomic E-state index is 13.0. The minimum Gasteiger partial charge on any atom is -0.497 e. The van der Waals surface area contributed by atoms with Crippen LogP contribution in [-0.4, -0.2) is 50.8 Å². The Hall–Kier alpha value is -4.40. The number of rotatable bonds is 8. The zero-order valence-electron chi connectivity index (χ0n) is 21.4. The first-order chi connectivity index (χ1) is 17.9. The van der Waals surface area contributed by atoms with Gasteiger partial charge in [-0.2, -0.15) is 0 Å². The fourth-order valence-electron chi connectivity index (χ4n) is 4.16. The molecule has 0 bridgehead atoms. The number of urea groups is 1. The third-order valence-electron chi connectivity index (χ3n) is 6.09. The lowest BCUT2D eigenvalue weighted by Gasteiger charge is -2.22. The minimum atomic E-state index is -0.623. The lowest BCUT2D eigenvalue weighted by molar-refractivity contribution is -0.137. The molecule has 1 aliphatic rings. The summed E-state index contributed by atoms with van der Waals surface area (Å²) in [6.45, 7) is 2.60. The fourth-order valence-corrected chi connectivity index (χ4v) is 4.16. The van der Waals surface area contributed by atoms with Gasteiger partial charge in [0.05, 0.1) is 21.3 Å². The molecule has 1 atom stereocenters. The molecule has 0 saturated heterocycles. The highest BCUT2D eigenvalue weighted by Gasteiger charge is 2.28. The number of benzene rings is 3. The highest BCUT2D eigenvalue weighted by Crippen LogP contribution is 2.30. The van der Waals surface area contributed by atoms with E-state index in [4.69, 9.17) is 18.9 Å². The van der Waals surface area contributed by atoms with E-state index in [1.54, 1.807) is 69.6 Å². The second-order valence-corrected chi connectivity index (χ2v) is 8.59. The highest BCUT2D eigenvalue weighted by atomic mass is 16.5. The first-order valence-electron chi connectivity index (χ1n) is 11.9. The SMILES string of the molecule is COc1cccc(NC(=O)Nc2ccc3c(c2)CN(CCc2ccc(OC)c(OC)c2)C(=O)C(C)O3)c1. The van der Waals surface area contributed by atoms with Crippen molar-refractivity contribution in [2.75, 3.05) is 38.5 Å². The molecule has 194 valence electrons. The van der Waals surface area contributed by atoms with E-state index in [-0.39, 0.29) is 5.91 Å². The van der Waals surface area contributed by atoms with Crippen molar-refractivity contribution in [2.45, 2.75) is 26.0 Å². The van der Waals surface area contributed by atoms with Crippen LogP contribution >= 0.6 is 0 Å². The van der Waals surface area contributed by atoms with Crippen LogP contribution in [0.5, 0.6) is 23.0 Å². The fraction of sp³-hybridized carbons (Fsp3) is 0.286. The number of carbonyl (C=O) groups is 2. The van der Waals surface area contributed by atoms with E-state index < -0.39 is 12.1 Å². The Morgan fingerprint density at radius 3 is 2.43 bits per heavy atom. The van der Waals surface area contributed by atoms with Crippen LogP contribution in [-0.2, 0) is 17.8 Å². The second-order valence-electron chi connectivity index (χ2n) is 8.59. The van der Waals surface area contributed by atoms with E-state index >= 15 is 0 Å². The maximum absolute atomic E-state index is 13.0. The molecule has 0 spiro atoms. The number of methoxy groups -OCH3 is 3. The monoisotopic (exact) mass is 505 g/mol. The lowest BCUT2D eigenvalue weighted by atomic mass is 10.1. The zero-order chi connectivity index (χ0) is 26.4. The Labute approximate surface area is 216 Å². The predicted molar refractivity (Wildman–Crippen MR) is 141 cm³/mol. The molecule has 1 unspecified atom stereocenters. The number of carbonyl (C=O) groups excluding carboxylic acids is 2. The van der Waals surface area contributed by atoms with Crippen LogP contribution in [0.3, 0.4) is 0 Å². The second kappa shape index (κ2) is 11.6. The van der Waals surface area contributed by atoms with Crippen molar-refractivity contribution < 1.29 is 28.5 Å². The van der Waals surface area contributed by atoms with Crippen LogP contribution in [0, 0.1) is 0 Å².